The summed E-state index contributed by atoms with van der Waals surface area (Å²) in [6, 6.07) is 12.0. The highest BCUT2D eigenvalue weighted by atomic mass is 19.3. The van der Waals surface area contributed by atoms with E-state index in [1.165, 1.54) is 44.1 Å². The Labute approximate surface area is 256 Å². The van der Waals surface area contributed by atoms with Crippen molar-refractivity contribution >= 4 is 0 Å². The van der Waals surface area contributed by atoms with Crippen LogP contribution < -0.4 is 4.74 Å². The average molecular weight is 633 g/mol. The Morgan fingerprint density at radius 1 is 0.644 bits per heavy atom. The van der Waals surface area contributed by atoms with Crippen molar-refractivity contribution in [3.05, 3.63) is 113 Å². The summed E-state index contributed by atoms with van der Waals surface area (Å²) >= 11 is 0. The molecule has 0 heterocycles. The third-order valence-electron chi connectivity index (χ3n) is 8.59. The second-order valence-corrected chi connectivity index (χ2v) is 11.7. The van der Waals surface area contributed by atoms with Crippen molar-refractivity contribution in [1.82, 2.24) is 0 Å². The first kappa shape index (κ1) is 32.5. The van der Waals surface area contributed by atoms with Gasteiger partial charge in [-0.1, -0.05) is 62.9 Å². The fourth-order valence-electron chi connectivity index (χ4n) is 6.13. The fourth-order valence-corrected chi connectivity index (χ4v) is 6.13. The second kappa shape index (κ2) is 13.6. The molecule has 1 aliphatic carbocycles. The maximum Gasteiger partial charge on any atom is 0.429 e. The van der Waals surface area contributed by atoms with E-state index in [1.54, 1.807) is 0 Å². The van der Waals surface area contributed by atoms with Gasteiger partial charge in [-0.15, -0.1) is 0 Å². The number of alkyl halides is 2. The molecule has 1 fully saturated rings. The molecule has 0 unspecified atom stereocenters. The van der Waals surface area contributed by atoms with E-state index < -0.39 is 57.9 Å². The zero-order chi connectivity index (χ0) is 32.3. The van der Waals surface area contributed by atoms with Crippen molar-refractivity contribution in [2.75, 3.05) is 0 Å². The van der Waals surface area contributed by atoms with Crippen LogP contribution in [0.25, 0.3) is 22.3 Å². The Hall–Kier alpha value is -3.88. The van der Waals surface area contributed by atoms with Crippen molar-refractivity contribution < 1.29 is 39.9 Å². The first-order valence-corrected chi connectivity index (χ1v) is 15.1. The first-order valence-electron chi connectivity index (χ1n) is 15.1. The molecular weight excluding hydrogens is 600 g/mol. The summed E-state index contributed by atoms with van der Waals surface area (Å²) < 4.78 is 119. The van der Waals surface area contributed by atoms with Gasteiger partial charge < -0.3 is 4.74 Å². The molecule has 9 heteroatoms. The van der Waals surface area contributed by atoms with Gasteiger partial charge in [0, 0.05) is 12.1 Å². The largest absolute Gasteiger partial charge is 0.429 e. The zero-order valence-corrected chi connectivity index (χ0v) is 24.6. The van der Waals surface area contributed by atoms with E-state index in [4.69, 9.17) is 0 Å². The molecule has 0 aliphatic heterocycles. The third kappa shape index (κ3) is 7.34. The minimum atomic E-state index is -4.46. The molecule has 0 amide bonds. The Kier molecular flexibility index (Phi) is 9.85. The number of hydrogen-bond donors (Lipinski definition) is 0. The van der Waals surface area contributed by atoms with Gasteiger partial charge in [-0.3, -0.25) is 0 Å². The normalized spacial score (nSPS) is 17.0. The molecule has 4 aromatic rings. The maximum absolute atomic E-state index is 15.2. The van der Waals surface area contributed by atoms with Crippen molar-refractivity contribution in [3.63, 3.8) is 0 Å². The molecule has 238 valence electrons. The van der Waals surface area contributed by atoms with Crippen LogP contribution in [0.2, 0.25) is 0 Å². The summed E-state index contributed by atoms with van der Waals surface area (Å²) in [6.45, 7) is 2.21. The highest BCUT2D eigenvalue weighted by molar-refractivity contribution is 5.72. The van der Waals surface area contributed by atoms with E-state index >= 15 is 8.78 Å². The molecule has 0 bridgehead atoms. The zero-order valence-electron chi connectivity index (χ0n) is 24.6. The molecule has 1 saturated carbocycles. The Morgan fingerprint density at radius 3 is 1.80 bits per heavy atom. The Balaban J connectivity index is 1.30. The number of halogens is 8. The van der Waals surface area contributed by atoms with Gasteiger partial charge in [-0.2, -0.15) is 8.78 Å². The lowest BCUT2D eigenvalue weighted by Crippen LogP contribution is -2.23. The minimum Gasteiger partial charge on any atom is -0.429 e. The highest BCUT2D eigenvalue weighted by Gasteiger charge is 2.38. The van der Waals surface area contributed by atoms with Gasteiger partial charge in [0.15, 0.2) is 17.5 Å². The molecule has 0 N–H and O–H groups in total. The predicted molar refractivity (Wildman–Crippen MR) is 157 cm³/mol. The second-order valence-electron chi connectivity index (χ2n) is 11.7. The molecule has 1 aliphatic rings. The Bertz CT molecular complexity index is 1600. The van der Waals surface area contributed by atoms with E-state index in [9.17, 15) is 26.3 Å². The van der Waals surface area contributed by atoms with Gasteiger partial charge in [0.05, 0.1) is 11.1 Å². The third-order valence-corrected chi connectivity index (χ3v) is 8.59. The quantitative estimate of drug-likeness (QED) is 0.0960. The number of ether oxygens (including phenoxy) is 1. The average Bonchev–Trinajstić information content (AvgIpc) is 3.00. The van der Waals surface area contributed by atoms with Crippen LogP contribution in [0.5, 0.6) is 5.75 Å². The van der Waals surface area contributed by atoms with Gasteiger partial charge in [-0.25, -0.2) is 26.3 Å². The summed E-state index contributed by atoms with van der Waals surface area (Å²) in [6.07, 6.45) is 5.24. The molecule has 0 spiro atoms. The number of unbranched alkanes of at least 4 members (excludes halogenated alkanes) is 2. The summed E-state index contributed by atoms with van der Waals surface area (Å²) in [4.78, 5) is 0. The standard InChI is InChI=1S/C36H32F8O/c1-2-3-4-5-21-6-8-22(9-7-21)23-10-12-24(13-11-23)26-17-30(38)34(31(39)18-26)25-14-15-28(29(37)16-25)36(43,44)45-27-19-32(40)35(42)33(41)20-27/h10-22H,2-9H2,1H3. The van der Waals surface area contributed by atoms with Crippen molar-refractivity contribution in [2.24, 2.45) is 5.92 Å². The van der Waals surface area contributed by atoms with Crippen molar-refractivity contribution in [3.8, 4) is 28.0 Å². The molecule has 0 aromatic heterocycles. The minimum absolute atomic E-state index is 0.179. The molecule has 5 rings (SSSR count). The van der Waals surface area contributed by atoms with Gasteiger partial charge in [0.1, 0.15) is 23.2 Å². The Morgan fingerprint density at radius 2 is 1.22 bits per heavy atom. The summed E-state index contributed by atoms with van der Waals surface area (Å²) in [5.74, 6) is -8.95. The maximum atomic E-state index is 15.2. The van der Waals surface area contributed by atoms with E-state index in [0.717, 1.165) is 37.0 Å². The number of hydrogen-bond acceptors (Lipinski definition) is 1. The molecular formula is C36H32F8O. The van der Waals surface area contributed by atoms with Crippen LogP contribution in [0.15, 0.2) is 66.7 Å². The van der Waals surface area contributed by atoms with E-state index in [0.29, 0.717) is 23.6 Å². The van der Waals surface area contributed by atoms with Crippen LogP contribution in [0, 0.1) is 40.8 Å². The molecule has 1 nitrogen and oxygen atoms in total. The van der Waals surface area contributed by atoms with Gasteiger partial charge in [-0.05, 0) is 84.0 Å². The highest BCUT2D eigenvalue weighted by Crippen LogP contribution is 2.40. The molecule has 0 saturated heterocycles. The van der Waals surface area contributed by atoms with E-state index in [1.807, 2.05) is 24.3 Å². The van der Waals surface area contributed by atoms with E-state index in [2.05, 4.69) is 11.7 Å². The fraction of sp³-hybridized carbons (Fsp3) is 0.333. The summed E-state index contributed by atoms with van der Waals surface area (Å²) in [7, 11) is 0. The van der Waals surface area contributed by atoms with Crippen LogP contribution in [0.4, 0.5) is 35.1 Å². The van der Waals surface area contributed by atoms with Crippen LogP contribution in [-0.4, -0.2) is 0 Å². The topological polar surface area (TPSA) is 9.23 Å². The molecule has 45 heavy (non-hydrogen) atoms. The monoisotopic (exact) mass is 632 g/mol. The predicted octanol–water partition coefficient (Wildman–Crippen LogP) is 11.8. The van der Waals surface area contributed by atoms with Gasteiger partial charge >= 0.3 is 6.11 Å². The van der Waals surface area contributed by atoms with Crippen LogP contribution in [-0.2, 0) is 6.11 Å². The smallest absolute Gasteiger partial charge is 0.429 e. The number of rotatable bonds is 10. The SMILES string of the molecule is CCCCCC1CCC(c2ccc(-c3cc(F)c(-c4ccc(C(F)(F)Oc5cc(F)c(F)c(F)c5)c(F)c4)c(F)c3)cc2)CC1. The van der Waals surface area contributed by atoms with Gasteiger partial charge in [0.2, 0.25) is 0 Å². The van der Waals surface area contributed by atoms with E-state index in [-0.39, 0.29) is 23.3 Å². The van der Waals surface area contributed by atoms with Crippen LogP contribution in [0.3, 0.4) is 0 Å². The van der Waals surface area contributed by atoms with Gasteiger partial charge in [0.25, 0.3) is 0 Å². The first-order chi connectivity index (χ1) is 21.5. The van der Waals surface area contributed by atoms with Crippen LogP contribution in [0.1, 0.15) is 75.3 Å². The molecule has 4 aromatic carbocycles. The number of benzene rings is 4. The summed E-state index contributed by atoms with van der Waals surface area (Å²) in [5, 5.41) is 0. The van der Waals surface area contributed by atoms with Crippen molar-refractivity contribution in [1.29, 1.82) is 0 Å². The van der Waals surface area contributed by atoms with Crippen LogP contribution >= 0.6 is 0 Å². The lowest BCUT2D eigenvalue weighted by molar-refractivity contribution is -0.187. The lowest BCUT2D eigenvalue weighted by atomic mass is 9.77. The van der Waals surface area contributed by atoms with Crippen molar-refractivity contribution in [2.45, 2.75) is 70.3 Å². The lowest BCUT2D eigenvalue weighted by Gasteiger charge is -2.29. The molecule has 0 radical (unpaired) electrons. The summed E-state index contributed by atoms with van der Waals surface area (Å²) in [5.41, 5.74) is -0.302. The molecule has 0 atom stereocenters.